The number of nitrogens with one attached hydrogen (secondary N) is 2. The number of aromatic nitrogens is 2. The number of anilines is 1. The molecule has 94 valence electrons. The van der Waals surface area contributed by atoms with Gasteiger partial charge in [0.05, 0.1) is 6.20 Å². The zero-order valence-electron chi connectivity index (χ0n) is 10.5. The molecule has 0 aliphatic heterocycles. The van der Waals surface area contributed by atoms with Crippen LogP contribution in [-0.4, -0.2) is 35.1 Å². The summed E-state index contributed by atoms with van der Waals surface area (Å²) in [6.07, 6.45) is 3.50. The topological polar surface area (TPSA) is 61.0 Å². The lowest BCUT2D eigenvalue weighted by atomic mass is 10.2. The van der Waals surface area contributed by atoms with Crippen molar-refractivity contribution < 1.29 is 4.79 Å². The molecule has 0 spiro atoms. The van der Waals surface area contributed by atoms with Gasteiger partial charge < -0.3 is 10.2 Å². The van der Waals surface area contributed by atoms with E-state index in [0.717, 1.165) is 11.3 Å². The third-order valence-corrected chi connectivity index (χ3v) is 2.74. The number of carbonyl (C=O) groups is 1. The Labute approximate surface area is 106 Å². The molecule has 2 rings (SSSR count). The molecule has 1 aromatic carbocycles. The van der Waals surface area contributed by atoms with Crippen LogP contribution in [0.5, 0.6) is 0 Å². The Morgan fingerprint density at radius 3 is 2.67 bits per heavy atom. The van der Waals surface area contributed by atoms with Gasteiger partial charge in [0, 0.05) is 43.7 Å². The smallest absolute Gasteiger partial charge is 0.253 e. The fraction of sp³-hybridized carbons (Fsp3) is 0.231. The van der Waals surface area contributed by atoms with Crippen molar-refractivity contribution in [2.75, 3.05) is 19.4 Å². The molecule has 0 radical (unpaired) electrons. The minimum atomic E-state index is -0.00106. The first-order valence-corrected chi connectivity index (χ1v) is 5.71. The van der Waals surface area contributed by atoms with E-state index in [1.807, 2.05) is 31.3 Å². The maximum absolute atomic E-state index is 12.1. The van der Waals surface area contributed by atoms with E-state index in [-0.39, 0.29) is 5.91 Å². The third kappa shape index (κ3) is 2.68. The van der Waals surface area contributed by atoms with Crippen molar-refractivity contribution in [1.29, 1.82) is 0 Å². The monoisotopic (exact) mass is 244 g/mol. The molecule has 0 bridgehead atoms. The first kappa shape index (κ1) is 12.2. The maximum Gasteiger partial charge on any atom is 0.253 e. The first-order valence-electron chi connectivity index (χ1n) is 5.71. The van der Waals surface area contributed by atoms with Crippen molar-refractivity contribution in [3.63, 3.8) is 0 Å². The molecule has 2 N–H and O–H groups in total. The number of hydrogen-bond acceptors (Lipinski definition) is 3. The second kappa shape index (κ2) is 5.35. The van der Waals surface area contributed by atoms with E-state index >= 15 is 0 Å². The Hall–Kier alpha value is -2.30. The van der Waals surface area contributed by atoms with Crippen LogP contribution in [0.3, 0.4) is 0 Å². The molecule has 0 unspecified atom stereocenters. The van der Waals surface area contributed by atoms with Gasteiger partial charge in [-0.2, -0.15) is 5.10 Å². The fourth-order valence-electron chi connectivity index (χ4n) is 1.71. The lowest BCUT2D eigenvalue weighted by molar-refractivity contribution is 0.0785. The average Bonchev–Trinajstić information content (AvgIpc) is 2.91. The molecule has 0 aliphatic carbocycles. The van der Waals surface area contributed by atoms with Crippen LogP contribution >= 0.6 is 0 Å². The lowest BCUT2D eigenvalue weighted by Gasteiger charge is -2.16. The van der Waals surface area contributed by atoms with Gasteiger partial charge in [0.2, 0.25) is 0 Å². The number of amides is 1. The number of hydrogen-bond donors (Lipinski definition) is 2. The highest BCUT2D eigenvalue weighted by atomic mass is 16.2. The van der Waals surface area contributed by atoms with Crippen LogP contribution < -0.4 is 5.32 Å². The van der Waals surface area contributed by atoms with E-state index in [0.29, 0.717) is 12.1 Å². The summed E-state index contributed by atoms with van der Waals surface area (Å²) in [5.41, 5.74) is 2.65. The molecule has 0 atom stereocenters. The highest BCUT2D eigenvalue weighted by Gasteiger charge is 2.12. The normalized spacial score (nSPS) is 10.1. The van der Waals surface area contributed by atoms with Crippen molar-refractivity contribution in [1.82, 2.24) is 15.1 Å². The Morgan fingerprint density at radius 1 is 1.39 bits per heavy atom. The lowest BCUT2D eigenvalue weighted by Crippen LogP contribution is -2.25. The van der Waals surface area contributed by atoms with Gasteiger partial charge in [0.1, 0.15) is 0 Å². The van der Waals surface area contributed by atoms with E-state index in [4.69, 9.17) is 0 Å². The van der Waals surface area contributed by atoms with Gasteiger partial charge in [0.25, 0.3) is 5.91 Å². The second-order valence-corrected chi connectivity index (χ2v) is 4.10. The van der Waals surface area contributed by atoms with Gasteiger partial charge in [-0.1, -0.05) is 0 Å². The van der Waals surface area contributed by atoms with Crippen LogP contribution in [0.4, 0.5) is 5.69 Å². The zero-order valence-corrected chi connectivity index (χ0v) is 10.5. The van der Waals surface area contributed by atoms with Crippen molar-refractivity contribution in [3.8, 4) is 0 Å². The average molecular weight is 244 g/mol. The van der Waals surface area contributed by atoms with Crippen molar-refractivity contribution in [2.24, 2.45) is 0 Å². The minimum absolute atomic E-state index is 0.00106. The highest BCUT2D eigenvalue weighted by Crippen LogP contribution is 2.11. The van der Waals surface area contributed by atoms with Gasteiger partial charge in [-0.25, -0.2) is 0 Å². The zero-order chi connectivity index (χ0) is 13.0. The molecule has 1 heterocycles. The number of H-pyrrole nitrogens is 1. The maximum atomic E-state index is 12.1. The van der Waals surface area contributed by atoms with Gasteiger partial charge >= 0.3 is 0 Å². The summed E-state index contributed by atoms with van der Waals surface area (Å²) in [6, 6.07) is 7.41. The van der Waals surface area contributed by atoms with E-state index in [9.17, 15) is 4.79 Å². The Kier molecular flexibility index (Phi) is 3.62. The summed E-state index contributed by atoms with van der Waals surface area (Å²) < 4.78 is 0. The number of benzene rings is 1. The van der Waals surface area contributed by atoms with Crippen LogP contribution in [0.25, 0.3) is 0 Å². The Balaban J connectivity index is 2.05. The molecule has 1 amide bonds. The standard InChI is InChI=1S/C13H16N4O/c1-14-12-5-3-11(4-6-12)13(18)17(2)9-10-7-15-16-8-10/h3-8,14H,9H2,1-2H3,(H,15,16). The molecule has 1 aromatic heterocycles. The van der Waals surface area contributed by atoms with Crippen LogP contribution in [-0.2, 0) is 6.54 Å². The number of carbonyl (C=O) groups excluding carboxylic acids is 1. The third-order valence-electron chi connectivity index (χ3n) is 2.74. The van der Waals surface area contributed by atoms with Gasteiger partial charge in [0.15, 0.2) is 0 Å². The summed E-state index contributed by atoms with van der Waals surface area (Å²) in [5, 5.41) is 9.61. The fourth-order valence-corrected chi connectivity index (χ4v) is 1.71. The van der Waals surface area contributed by atoms with Crippen molar-refractivity contribution in [3.05, 3.63) is 47.8 Å². The predicted molar refractivity (Wildman–Crippen MR) is 70.4 cm³/mol. The summed E-state index contributed by atoms with van der Waals surface area (Å²) in [7, 11) is 3.63. The molecule has 0 aliphatic rings. The molecule has 0 saturated carbocycles. The molecular weight excluding hydrogens is 228 g/mol. The quantitative estimate of drug-likeness (QED) is 0.861. The number of nitrogens with zero attached hydrogens (tertiary/aromatic N) is 2. The van der Waals surface area contributed by atoms with E-state index in [1.165, 1.54) is 0 Å². The minimum Gasteiger partial charge on any atom is -0.388 e. The molecule has 0 saturated heterocycles. The summed E-state index contributed by atoms with van der Waals surface area (Å²) in [5.74, 6) is -0.00106. The van der Waals surface area contributed by atoms with Gasteiger partial charge in [-0.15, -0.1) is 0 Å². The van der Waals surface area contributed by atoms with Gasteiger partial charge in [-0.05, 0) is 24.3 Å². The molecule has 2 aromatic rings. The first-order chi connectivity index (χ1) is 8.70. The van der Waals surface area contributed by atoms with Crippen molar-refractivity contribution in [2.45, 2.75) is 6.54 Å². The summed E-state index contributed by atoms with van der Waals surface area (Å²) >= 11 is 0. The Morgan fingerprint density at radius 2 is 2.11 bits per heavy atom. The SMILES string of the molecule is CNc1ccc(C(=O)N(C)Cc2cn[nH]c2)cc1. The summed E-state index contributed by atoms with van der Waals surface area (Å²) in [4.78, 5) is 13.8. The van der Waals surface area contributed by atoms with Crippen LogP contribution in [0.2, 0.25) is 0 Å². The van der Waals surface area contributed by atoms with Gasteiger partial charge in [-0.3, -0.25) is 9.89 Å². The largest absolute Gasteiger partial charge is 0.388 e. The molecule has 18 heavy (non-hydrogen) atoms. The van der Waals surface area contributed by atoms with E-state index in [1.54, 1.807) is 24.3 Å². The second-order valence-electron chi connectivity index (χ2n) is 4.10. The summed E-state index contributed by atoms with van der Waals surface area (Å²) in [6.45, 7) is 0.545. The molecule has 5 nitrogen and oxygen atoms in total. The Bertz CT molecular complexity index is 504. The number of aromatic amines is 1. The highest BCUT2D eigenvalue weighted by molar-refractivity contribution is 5.94. The predicted octanol–water partition coefficient (Wildman–Crippen LogP) is 1.72. The van der Waals surface area contributed by atoms with Crippen LogP contribution in [0.1, 0.15) is 15.9 Å². The van der Waals surface area contributed by atoms with E-state index < -0.39 is 0 Å². The molecule has 0 fully saturated rings. The van der Waals surface area contributed by atoms with Crippen LogP contribution in [0, 0.1) is 0 Å². The molecular formula is C13H16N4O. The van der Waals surface area contributed by atoms with Crippen molar-refractivity contribution >= 4 is 11.6 Å². The number of rotatable bonds is 4. The van der Waals surface area contributed by atoms with Crippen LogP contribution in [0.15, 0.2) is 36.7 Å². The molecule has 5 heteroatoms. The van der Waals surface area contributed by atoms with E-state index in [2.05, 4.69) is 15.5 Å².